The number of fused-ring (bicyclic) bond motifs is 1. The molecule has 1 aromatic heterocycles. The van der Waals surface area contributed by atoms with E-state index in [1.807, 2.05) is 13.0 Å². The fraction of sp³-hybridized carbons (Fsp3) is 0.176. The van der Waals surface area contributed by atoms with Crippen molar-refractivity contribution in [3.63, 3.8) is 0 Å². The quantitative estimate of drug-likeness (QED) is 0.740. The number of methoxy groups -OCH3 is 1. The molecular formula is C17H16N2O4S2. The smallest absolute Gasteiger partial charge is 0.239 e. The van der Waals surface area contributed by atoms with Gasteiger partial charge in [0, 0.05) is 5.69 Å². The van der Waals surface area contributed by atoms with Gasteiger partial charge in [0.2, 0.25) is 5.91 Å². The van der Waals surface area contributed by atoms with Gasteiger partial charge in [-0.2, -0.15) is 0 Å². The van der Waals surface area contributed by atoms with E-state index in [4.69, 9.17) is 4.74 Å². The standard InChI is InChI=1S/C17H16N2O4S2/c1-11-18-15-9-12(3-8-16(15)24-11)19-17(20)10-25(21,22)14-6-4-13(23-2)5-7-14/h3-9H,10H2,1-2H3,(H,19,20). The van der Waals surface area contributed by atoms with Gasteiger partial charge in [0.25, 0.3) is 0 Å². The molecule has 130 valence electrons. The van der Waals surface area contributed by atoms with Gasteiger partial charge < -0.3 is 10.1 Å². The highest BCUT2D eigenvalue weighted by atomic mass is 32.2. The van der Waals surface area contributed by atoms with Crippen molar-refractivity contribution >= 4 is 43.0 Å². The van der Waals surface area contributed by atoms with Crippen molar-refractivity contribution in [3.8, 4) is 5.75 Å². The van der Waals surface area contributed by atoms with Crippen LogP contribution in [0.25, 0.3) is 10.2 Å². The zero-order chi connectivity index (χ0) is 18.0. The number of aryl methyl sites for hydroxylation is 1. The van der Waals surface area contributed by atoms with Gasteiger partial charge in [0.15, 0.2) is 9.84 Å². The maximum absolute atomic E-state index is 12.3. The number of aromatic nitrogens is 1. The Balaban J connectivity index is 1.73. The summed E-state index contributed by atoms with van der Waals surface area (Å²) in [6.07, 6.45) is 0. The molecule has 2 aromatic carbocycles. The first kappa shape index (κ1) is 17.4. The first-order chi connectivity index (χ1) is 11.9. The van der Waals surface area contributed by atoms with Crippen LogP contribution in [0.2, 0.25) is 0 Å². The maximum atomic E-state index is 12.3. The van der Waals surface area contributed by atoms with Crippen molar-refractivity contribution in [2.24, 2.45) is 0 Å². The molecule has 1 amide bonds. The van der Waals surface area contributed by atoms with Crippen molar-refractivity contribution in [1.29, 1.82) is 0 Å². The Bertz CT molecular complexity index is 1020. The monoisotopic (exact) mass is 376 g/mol. The lowest BCUT2D eigenvalue weighted by Gasteiger charge is -2.07. The third-order valence-electron chi connectivity index (χ3n) is 3.52. The highest BCUT2D eigenvalue weighted by Crippen LogP contribution is 2.24. The molecule has 0 saturated carbocycles. The number of carbonyl (C=O) groups excluding carboxylic acids is 1. The molecule has 0 atom stereocenters. The number of nitrogens with one attached hydrogen (secondary N) is 1. The number of hydrogen-bond acceptors (Lipinski definition) is 6. The Morgan fingerprint density at radius 1 is 1.20 bits per heavy atom. The number of benzene rings is 2. The van der Waals surface area contributed by atoms with Gasteiger partial charge in [0.05, 0.1) is 27.2 Å². The predicted molar refractivity (Wildman–Crippen MR) is 98.0 cm³/mol. The minimum atomic E-state index is -3.72. The third-order valence-corrected chi connectivity index (χ3v) is 6.10. The number of rotatable bonds is 5. The van der Waals surface area contributed by atoms with E-state index in [1.54, 1.807) is 35.6 Å². The molecule has 3 rings (SSSR count). The summed E-state index contributed by atoms with van der Waals surface area (Å²) in [4.78, 5) is 16.6. The Kier molecular flexibility index (Phi) is 4.73. The van der Waals surface area contributed by atoms with Crippen molar-refractivity contribution < 1.29 is 17.9 Å². The van der Waals surface area contributed by atoms with Crippen LogP contribution in [0.15, 0.2) is 47.4 Å². The van der Waals surface area contributed by atoms with Crippen LogP contribution in [0.5, 0.6) is 5.75 Å². The van der Waals surface area contributed by atoms with Crippen molar-refractivity contribution in [3.05, 3.63) is 47.5 Å². The molecule has 6 nitrogen and oxygen atoms in total. The van der Waals surface area contributed by atoms with E-state index in [0.29, 0.717) is 11.4 Å². The molecule has 0 aliphatic heterocycles. The molecule has 0 fully saturated rings. The number of hydrogen-bond donors (Lipinski definition) is 1. The number of thiazole rings is 1. The SMILES string of the molecule is COc1ccc(S(=O)(=O)CC(=O)Nc2ccc3sc(C)nc3c2)cc1. The molecule has 25 heavy (non-hydrogen) atoms. The minimum absolute atomic E-state index is 0.0778. The van der Waals surface area contributed by atoms with E-state index in [9.17, 15) is 13.2 Å². The van der Waals surface area contributed by atoms with Crippen LogP contribution in [-0.2, 0) is 14.6 Å². The van der Waals surface area contributed by atoms with Crippen molar-refractivity contribution in [2.45, 2.75) is 11.8 Å². The average Bonchev–Trinajstić information content (AvgIpc) is 2.93. The van der Waals surface area contributed by atoms with Gasteiger partial charge in [-0.05, 0) is 49.4 Å². The summed E-state index contributed by atoms with van der Waals surface area (Å²) >= 11 is 1.56. The number of sulfone groups is 1. The molecular weight excluding hydrogens is 360 g/mol. The molecule has 0 aliphatic rings. The van der Waals surface area contributed by atoms with Gasteiger partial charge in [0.1, 0.15) is 11.5 Å². The largest absolute Gasteiger partial charge is 0.497 e. The van der Waals surface area contributed by atoms with Gasteiger partial charge in [-0.25, -0.2) is 13.4 Å². The second-order valence-corrected chi connectivity index (χ2v) is 8.62. The highest BCUT2D eigenvalue weighted by Gasteiger charge is 2.19. The van der Waals surface area contributed by atoms with Crippen molar-refractivity contribution in [1.82, 2.24) is 4.98 Å². The second kappa shape index (κ2) is 6.81. The van der Waals surface area contributed by atoms with Crippen LogP contribution in [0, 0.1) is 6.92 Å². The molecule has 0 bridgehead atoms. The fourth-order valence-corrected chi connectivity index (χ4v) is 4.30. The molecule has 1 N–H and O–H groups in total. The molecule has 0 saturated heterocycles. The van der Waals surface area contributed by atoms with Gasteiger partial charge in [-0.3, -0.25) is 4.79 Å². The van der Waals surface area contributed by atoms with E-state index < -0.39 is 21.5 Å². The maximum Gasteiger partial charge on any atom is 0.239 e. The molecule has 0 aliphatic carbocycles. The van der Waals surface area contributed by atoms with Gasteiger partial charge in [-0.1, -0.05) is 0 Å². The van der Waals surface area contributed by atoms with E-state index in [-0.39, 0.29) is 4.90 Å². The summed E-state index contributed by atoms with van der Waals surface area (Å²) in [6, 6.07) is 11.3. The van der Waals surface area contributed by atoms with Crippen LogP contribution < -0.4 is 10.1 Å². The molecule has 8 heteroatoms. The lowest BCUT2D eigenvalue weighted by Crippen LogP contribution is -2.23. The lowest BCUT2D eigenvalue weighted by atomic mass is 10.3. The number of ether oxygens (including phenoxy) is 1. The highest BCUT2D eigenvalue weighted by molar-refractivity contribution is 7.92. The first-order valence-electron chi connectivity index (χ1n) is 7.41. The molecule has 0 spiro atoms. The third kappa shape index (κ3) is 3.97. The van der Waals surface area contributed by atoms with Crippen LogP contribution in [-0.4, -0.2) is 32.2 Å². The van der Waals surface area contributed by atoms with Crippen LogP contribution in [0.1, 0.15) is 5.01 Å². The Morgan fingerprint density at radius 2 is 1.92 bits per heavy atom. The topological polar surface area (TPSA) is 85.4 Å². The predicted octanol–water partition coefficient (Wildman–Crippen LogP) is 3.03. The number of anilines is 1. The fourth-order valence-electron chi connectivity index (χ4n) is 2.36. The second-order valence-electron chi connectivity index (χ2n) is 5.40. The Hall–Kier alpha value is -2.45. The summed E-state index contributed by atoms with van der Waals surface area (Å²) in [5.74, 6) is -0.676. The average molecular weight is 376 g/mol. The Labute approximate surface area is 149 Å². The van der Waals surface area contributed by atoms with Crippen molar-refractivity contribution in [2.75, 3.05) is 18.2 Å². The summed E-state index contributed by atoms with van der Waals surface area (Å²) in [7, 11) is -2.23. The lowest BCUT2D eigenvalue weighted by molar-refractivity contribution is -0.113. The summed E-state index contributed by atoms with van der Waals surface area (Å²) in [5, 5.41) is 3.54. The van der Waals surface area contributed by atoms with Gasteiger partial charge >= 0.3 is 0 Å². The summed E-state index contributed by atoms with van der Waals surface area (Å²) in [6.45, 7) is 1.91. The molecule has 3 aromatic rings. The van der Waals surface area contributed by atoms with E-state index in [1.165, 1.54) is 19.2 Å². The number of amides is 1. The van der Waals surface area contributed by atoms with Crippen LogP contribution in [0.4, 0.5) is 5.69 Å². The van der Waals surface area contributed by atoms with E-state index >= 15 is 0 Å². The normalized spacial score (nSPS) is 11.4. The molecule has 1 heterocycles. The first-order valence-corrected chi connectivity index (χ1v) is 9.88. The van der Waals surface area contributed by atoms with Crippen LogP contribution >= 0.6 is 11.3 Å². The van der Waals surface area contributed by atoms with E-state index in [2.05, 4.69) is 10.3 Å². The zero-order valence-corrected chi connectivity index (χ0v) is 15.3. The molecule has 0 unspecified atom stereocenters. The zero-order valence-electron chi connectivity index (χ0n) is 13.6. The minimum Gasteiger partial charge on any atom is -0.497 e. The Morgan fingerprint density at radius 3 is 2.60 bits per heavy atom. The number of carbonyl (C=O) groups is 1. The summed E-state index contributed by atoms with van der Waals surface area (Å²) in [5.41, 5.74) is 1.30. The van der Waals surface area contributed by atoms with E-state index in [0.717, 1.165) is 15.2 Å². The van der Waals surface area contributed by atoms with Crippen LogP contribution in [0.3, 0.4) is 0 Å². The summed E-state index contributed by atoms with van der Waals surface area (Å²) < 4.78 is 30.7. The van der Waals surface area contributed by atoms with Gasteiger partial charge in [-0.15, -0.1) is 11.3 Å². The number of nitrogens with zero attached hydrogens (tertiary/aromatic N) is 1. The molecule has 0 radical (unpaired) electrons.